The minimum absolute atomic E-state index is 0.128. The van der Waals surface area contributed by atoms with Crippen molar-refractivity contribution in [2.24, 2.45) is 0 Å². The first kappa shape index (κ1) is 8.31. The van der Waals surface area contributed by atoms with Gasteiger partial charge in [-0.15, -0.1) is 0 Å². The van der Waals surface area contributed by atoms with Crippen LogP contribution in [0.25, 0.3) is 0 Å². The van der Waals surface area contributed by atoms with Crippen LogP contribution in [0.1, 0.15) is 10.4 Å². The average molecular weight is 179 g/mol. The van der Waals surface area contributed by atoms with Gasteiger partial charge >= 0.3 is 0 Å². The van der Waals surface area contributed by atoms with E-state index in [1.807, 2.05) is 11.0 Å². The Hall–Kier alpha value is -1.29. The third-order valence-electron chi connectivity index (χ3n) is 2.25. The largest absolute Gasteiger partial charge is 0.367 e. The monoisotopic (exact) mass is 179 g/mol. The second-order valence-corrected chi connectivity index (χ2v) is 3.14. The van der Waals surface area contributed by atoms with Crippen LogP contribution in [-0.4, -0.2) is 42.0 Å². The number of carbonyl (C=O) groups is 1. The Kier molecular flexibility index (Phi) is 2.31. The maximum absolute atomic E-state index is 11.7. The molecule has 0 spiro atoms. The second-order valence-electron chi connectivity index (χ2n) is 3.14. The number of hydrogen-bond acceptors (Lipinski definition) is 2. The van der Waals surface area contributed by atoms with Gasteiger partial charge in [-0.2, -0.15) is 0 Å². The van der Waals surface area contributed by atoms with Crippen molar-refractivity contribution < 1.29 is 4.79 Å². The van der Waals surface area contributed by atoms with Gasteiger partial charge in [-0.05, 0) is 6.07 Å². The summed E-state index contributed by atoms with van der Waals surface area (Å²) >= 11 is 0. The quantitative estimate of drug-likeness (QED) is 0.640. The summed E-state index contributed by atoms with van der Waals surface area (Å²) in [5.74, 6) is 0.128. The fourth-order valence-electron chi connectivity index (χ4n) is 1.51. The molecule has 2 N–H and O–H groups in total. The average Bonchev–Trinajstić information content (AvgIpc) is 2.71. The molecule has 13 heavy (non-hydrogen) atoms. The lowest BCUT2D eigenvalue weighted by Crippen LogP contribution is -2.46. The fraction of sp³-hybridized carbons (Fsp3) is 0.444. The molecule has 2 rings (SSSR count). The van der Waals surface area contributed by atoms with Crippen LogP contribution in [0.5, 0.6) is 0 Å². The molecular formula is C9H13N3O. The molecule has 0 radical (unpaired) electrons. The predicted octanol–water partition coefficient (Wildman–Crippen LogP) is 0.0601. The van der Waals surface area contributed by atoms with Gasteiger partial charge in [0.1, 0.15) is 0 Å². The molecule has 0 atom stereocenters. The standard InChI is InChI=1S/C9H13N3O/c13-9(8-1-2-11-7-8)12-5-3-10-4-6-12/h1-2,7,10-11H,3-6H2. The van der Waals surface area contributed by atoms with Crippen molar-refractivity contribution >= 4 is 5.91 Å². The summed E-state index contributed by atoms with van der Waals surface area (Å²) in [4.78, 5) is 16.5. The first-order valence-electron chi connectivity index (χ1n) is 4.51. The van der Waals surface area contributed by atoms with Gasteiger partial charge in [-0.3, -0.25) is 4.79 Å². The van der Waals surface area contributed by atoms with Crippen LogP contribution in [0.2, 0.25) is 0 Å². The van der Waals surface area contributed by atoms with Crippen LogP contribution in [0.3, 0.4) is 0 Å². The summed E-state index contributed by atoms with van der Waals surface area (Å²) in [7, 11) is 0. The van der Waals surface area contributed by atoms with Gasteiger partial charge in [0.2, 0.25) is 0 Å². The highest BCUT2D eigenvalue weighted by atomic mass is 16.2. The molecule has 0 aliphatic carbocycles. The van der Waals surface area contributed by atoms with E-state index in [9.17, 15) is 4.79 Å². The number of carbonyl (C=O) groups excluding carboxylic acids is 1. The number of aromatic amines is 1. The van der Waals surface area contributed by atoms with Gasteiger partial charge in [0.15, 0.2) is 0 Å². The lowest BCUT2D eigenvalue weighted by atomic mass is 10.2. The van der Waals surface area contributed by atoms with Gasteiger partial charge in [0.25, 0.3) is 5.91 Å². The summed E-state index contributed by atoms with van der Waals surface area (Å²) < 4.78 is 0. The molecule has 0 bridgehead atoms. The number of rotatable bonds is 1. The van der Waals surface area contributed by atoms with Crippen molar-refractivity contribution in [3.8, 4) is 0 Å². The second kappa shape index (κ2) is 3.62. The molecule has 1 aliphatic heterocycles. The van der Waals surface area contributed by atoms with Gasteiger partial charge in [0.05, 0.1) is 5.56 Å². The SMILES string of the molecule is O=C(c1cc[nH]c1)N1CCNCC1. The fourth-order valence-corrected chi connectivity index (χ4v) is 1.51. The van der Waals surface area contributed by atoms with Crippen LogP contribution >= 0.6 is 0 Å². The van der Waals surface area contributed by atoms with Gasteiger partial charge in [0, 0.05) is 38.6 Å². The van der Waals surface area contributed by atoms with Gasteiger partial charge < -0.3 is 15.2 Å². The zero-order valence-electron chi connectivity index (χ0n) is 7.42. The van der Waals surface area contributed by atoms with Crippen molar-refractivity contribution in [1.29, 1.82) is 0 Å². The Morgan fingerprint density at radius 2 is 2.15 bits per heavy atom. The molecule has 4 heteroatoms. The normalized spacial score (nSPS) is 17.4. The van der Waals surface area contributed by atoms with E-state index in [0.29, 0.717) is 0 Å². The molecule has 2 heterocycles. The van der Waals surface area contributed by atoms with Crippen LogP contribution in [0, 0.1) is 0 Å². The smallest absolute Gasteiger partial charge is 0.255 e. The first-order valence-corrected chi connectivity index (χ1v) is 4.51. The number of H-pyrrole nitrogens is 1. The maximum Gasteiger partial charge on any atom is 0.255 e. The van der Waals surface area contributed by atoms with Crippen LogP contribution in [0.4, 0.5) is 0 Å². The highest BCUT2D eigenvalue weighted by Gasteiger charge is 2.17. The molecule has 0 aromatic carbocycles. The van der Waals surface area contributed by atoms with Crippen molar-refractivity contribution in [1.82, 2.24) is 15.2 Å². The third-order valence-corrected chi connectivity index (χ3v) is 2.25. The minimum atomic E-state index is 0.128. The van der Waals surface area contributed by atoms with E-state index in [1.165, 1.54) is 0 Å². The summed E-state index contributed by atoms with van der Waals surface area (Å²) in [6, 6.07) is 1.81. The summed E-state index contributed by atoms with van der Waals surface area (Å²) in [6.07, 6.45) is 3.51. The summed E-state index contributed by atoms with van der Waals surface area (Å²) in [5.41, 5.74) is 0.752. The topological polar surface area (TPSA) is 48.1 Å². The molecule has 1 aliphatic rings. The van der Waals surface area contributed by atoms with Gasteiger partial charge in [-0.1, -0.05) is 0 Å². The predicted molar refractivity (Wildman–Crippen MR) is 49.6 cm³/mol. The summed E-state index contributed by atoms with van der Waals surface area (Å²) in [6.45, 7) is 3.42. The van der Waals surface area contributed by atoms with Crippen molar-refractivity contribution in [3.05, 3.63) is 24.0 Å². The number of piperazine rings is 1. The molecule has 1 saturated heterocycles. The van der Waals surface area contributed by atoms with Crippen molar-refractivity contribution in [3.63, 3.8) is 0 Å². The van der Waals surface area contributed by atoms with Crippen LogP contribution in [-0.2, 0) is 0 Å². The number of amides is 1. The van der Waals surface area contributed by atoms with Crippen molar-refractivity contribution in [2.45, 2.75) is 0 Å². The Bertz CT molecular complexity index is 275. The molecule has 1 aromatic heterocycles. The highest BCUT2D eigenvalue weighted by Crippen LogP contribution is 2.04. The first-order chi connectivity index (χ1) is 6.38. The van der Waals surface area contributed by atoms with E-state index in [-0.39, 0.29) is 5.91 Å². The Morgan fingerprint density at radius 1 is 1.38 bits per heavy atom. The molecule has 0 unspecified atom stereocenters. The highest BCUT2D eigenvalue weighted by molar-refractivity contribution is 5.94. The van der Waals surface area contributed by atoms with E-state index >= 15 is 0 Å². The molecule has 0 saturated carbocycles. The Balaban J connectivity index is 2.04. The maximum atomic E-state index is 11.7. The van der Waals surface area contributed by atoms with E-state index in [1.54, 1.807) is 12.4 Å². The number of nitrogens with zero attached hydrogens (tertiary/aromatic N) is 1. The lowest BCUT2D eigenvalue weighted by molar-refractivity contribution is 0.0736. The molecule has 1 aromatic rings. The van der Waals surface area contributed by atoms with Gasteiger partial charge in [-0.25, -0.2) is 0 Å². The van der Waals surface area contributed by atoms with E-state index in [2.05, 4.69) is 10.3 Å². The third kappa shape index (κ3) is 1.72. The zero-order valence-corrected chi connectivity index (χ0v) is 7.42. The molecule has 4 nitrogen and oxygen atoms in total. The van der Waals surface area contributed by atoms with E-state index in [4.69, 9.17) is 0 Å². The Labute approximate surface area is 76.9 Å². The minimum Gasteiger partial charge on any atom is -0.367 e. The molecule has 1 amide bonds. The van der Waals surface area contributed by atoms with Crippen molar-refractivity contribution in [2.75, 3.05) is 26.2 Å². The molecular weight excluding hydrogens is 166 g/mol. The molecule has 70 valence electrons. The number of hydrogen-bond donors (Lipinski definition) is 2. The number of nitrogens with one attached hydrogen (secondary N) is 2. The van der Waals surface area contributed by atoms with Crippen LogP contribution < -0.4 is 5.32 Å². The molecule has 1 fully saturated rings. The van der Waals surface area contributed by atoms with E-state index in [0.717, 1.165) is 31.7 Å². The lowest BCUT2D eigenvalue weighted by Gasteiger charge is -2.26. The zero-order chi connectivity index (χ0) is 9.10. The Morgan fingerprint density at radius 3 is 2.77 bits per heavy atom. The van der Waals surface area contributed by atoms with Crippen LogP contribution in [0.15, 0.2) is 18.5 Å². The van der Waals surface area contributed by atoms with E-state index < -0.39 is 0 Å². The summed E-state index contributed by atoms with van der Waals surface area (Å²) in [5, 5.41) is 3.21. The number of aromatic nitrogens is 1.